The molecule has 0 unspecified atom stereocenters. The van der Waals surface area contributed by atoms with E-state index in [-0.39, 0.29) is 17.9 Å². The highest BCUT2D eigenvalue weighted by atomic mass is 32.2. The van der Waals surface area contributed by atoms with Crippen molar-refractivity contribution in [3.05, 3.63) is 64.7 Å². The largest absolute Gasteiger partial charge is 0.497 e. The monoisotopic (exact) mass is 496 g/mol. The van der Waals surface area contributed by atoms with Crippen LogP contribution in [0.4, 0.5) is 0 Å². The van der Waals surface area contributed by atoms with Gasteiger partial charge in [-0.1, -0.05) is 67.6 Å². The normalized spacial score (nSPS) is 14.9. The number of thioether (sulfide) groups is 1. The van der Waals surface area contributed by atoms with Gasteiger partial charge in [0.15, 0.2) is 0 Å². The summed E-state index contributed by atoms with van der Waals surface area (Å²) in [6.45, 7) is 6.56. The molecule has 3 rings (SSSR count). The number of carbonyl (C=O) groups is 2. The van der Waals surface area contributed by atoms with Gasteiger partial charge in [-0.3, -0.25) is 9.59 Å². The number of hydrogen-bond donors (Lipinski definition) is 1. The van der Waals surface area contributed by atoms with Crippen molar-refractivity contribution in [1.29, 1.82) is 0 Å². The van der Waals surface area contributed by atoms with Gasteiger partial charge in [-0.05, 0) is 56.4 Å². The lowest BCUT2D eigenvalue weighted by molar-refractivity contribution is -0.139. The van der Waals surface area contributed by atoms with Gasteiger partial charge in [-0.25, -0.2) is 0 Å². The van der Waals surface area contributed by atoms with Gasteiger partial charge < -0.3 is 15.0 Å². The quantitative estimate of drug-likeness (QED) is 0.427. The Morgan fingerprint density at radius 2 is 1.77 bits per heavy atom. The van der Waals surface area contributed by atoms with Crippen molar-refractivity contribution in [3.63, 3.8) is 0 Å². The molecule has 2 aromatic rings. The smallest absolute Gasteiger partial charge is 0.243 e. The van der Waals surface area contributed by atoms with Crippen molar-refractivity contribution < 1.29 is 14.3 Å². The second-order valence-corrected chi connectivity index (χ2v) is 10.6. The minimum absolute atomic E-state index is 0.00663. The van der Waals surface area contributed by atoms with Crippen LogP contribution in [-0.4, -0.2) is 41.7 Å². The number of methoxy groups -OCH3 is 1. The molecule has 2 aromatic carbocycles. The summed E-state index contributed by atoms with van der Waals surface area (Å²) in [7, 11) is 1.64. The van der Waals surface area contributed by atoms with E-state index in [1.54, 1.807) is 23.8 Å². The summed E-state index contributed by atoms with van der Waals surface area (Å²) in [5, 5.41) is 3.24. The summed E-state index contributed by atoms with van der Waals surface area (Å²) in [5.41, 5.74) is 4.65. The van der Waals surface area contributed by atoms with E-state index in [0.717, 1.165) is 42.7 Å². The molecular formula is C29H40N2O3S. The van der Waals surface area contributed by atoms with Gasteiger partial charge in [0, 0.05) is 18.3 Å². The van der Waals surface area contributed by atoms with Crippen LogP contribution in [0.15, 0.2) is 42.5 Å². The number of carbonyl (C=O) groups excluding carboxylic acids is 2. The minimum Gasteiger partial charge on any atom is -0.497 e. The Bertz CT molecular complexity index is 967. The van der Waals surface area contributed by atoms with Crippen molar-refractivity contribution in [3.8, 4) is 5.75 Å². The molecule has 190 valence electrons. The summed E-state index contributed by atoms with van der Waals surface area (Å²) in [6, 6.07) is 14.0. The van der Waals surface area contributed by atoms with E-state index in [1.165, 1.54) is 23.1 Å². The van der Waals surface area contributed by atoms with Crippen molar-refractivity contribution in [1.82, 2.24) is 10.2 Å². The van der Waals surface area contributed by atoms with Gasteiger partial charge in [0.2, 0.25) is 11.8 Å². The van der Waals surface area contributed by atoms with Gasteiger partial charge in [-0.15, -0.1) is 11.8 Å². The highest BCUT2D eigenvalue weighted by Crippen LogP contribution is 2.22. The van der Waals surface area contributed by atoms with E-state index in [2.05, 4.69) is 37.4 Å². The first-order valence-electron chi connectivity index (χ1n) is 12.8. The Hall–Kier alpha value is -2.47. The highest BCUT2D eigenvalue weighted by Gasteiger charge is 2.30. The fourth-order valence-corrected chi connectivity index (χ4v) is 5.77. The average Bonchev–Trinajstić information content (AvgIpc) is 2.84. The second kappa shape index (κ2) is 13.6. The molecule has 1 fully saturated rings. The Labute approximate surface area is 215 Å². The molecule has 1 aliphatic carbocycles. The molecular weight excluding hydrogens is 456 g/mol. The molecule has 0 aliphatic heterocycles. The highest BCUT2D eigenvalue weighted by molar-refractivity contribution is 7.99. The third kappa shape index (κ3) is 8.31. The summed E-state index contributed by atoms with van der Waals surface area (Å²) in [4.78, 5) is 28.6. The number of aryl methyl sites for hydroxylation is 2. The number of ether oxygens (including phenoxy) is 1. The zero-order chi connectivity index (χ0) is 25.2. The predicted molar refractivity (Wildman–Crippen MR) is 145 cm³/mol. The molecule has 35 heavy (non-hydrogen) atoms. The van der Waals surface area contributed by atoms with Crippen LogP contribution in [0.2, 0.25) is 0 Å². The molecule has 6 heteroatoms. The number of hydrogen-bond acceptors (Lipinski definition) is 4. The zero-order valence-electron chi connectivity index (χ0n) is 21.6. The van der Waals surface area contributed by atoms with Crippen LogP contribution in [0.3, 0.4) is 0 Å². The van der Waals surface area contributed by atoms with Crippen LogP contribution in [0.25, 0.3) is 0 Å². The molecule has 0 aromatic heterocycles. The molecule has 2 amide bonds. The Morgan fingerprint density at radius 1 is 1.06 bits per heavy atom. The lowest BCUT2D eigenvalue weighted by Gasteiger charge is -2.33. The maximum absolute atomic E-state index is 13.5. The standard InChI is InChI=1S/C29H40N2O3S/c1-5-27(29(33)30-25-11-7-6-8-12-25)31(18-23-10-9-13-26(17-23)34-4)28(32)20-35-19-24-15-21(2)14-22(3)16-24/h9-10,13-17,25,27H,5-8,11-12,18-20H2,1-4H3,(H,30,33)/t27-/m0/s1. The van der Waals surface area contributed by atoms with Crippen molar-refractivity contribution in [2.75, 3.05) is 12.9 Å². The van der Waals surface area contributed by atoms with Gasteiger partial charge in [0.05, 0.1) is 12.9 Å². The summed E-state index contributed by atoms with van der Waals surface area (Å²) in [5.74, 6) is 1.82. The number of nitrogens with zero attached hydrogens (tertiary/aromatic N) is 1. The minimum atomic E-state index is -0.488. The third-order valence-electron chi connectivity index (χ3n) is 6.60. The Balaban J connectivity index is 1.73. The molecule has 1 aliphatic rings. The van der Waals surface area contributed by atoms with Gasteiger partial charge in [-0.2, -0.15) is 0 Å². The van der Waals surface area contributed by atoms with Crippen LogP contribution in [0.5, 0.6) is 5.75 Å². The van der Waals surface area contributed by atoms with Gasteiger partial charge >= 0.3 is 0 Å². The van der Waals surface area contributed by atoms with Crippen molar-refractivity contribution >= 4 is 23.6 Å². The first kappa shape index (κ1) is 27.1. The fraction of sp³-hybridized carbons (Fsp3) is 0.517. The number of benzene rings is 2. The first-order chi connectivity index (χ1) is 16.9. The zero-order valence-corrected chi connectivity index (χ0v) is 22.5. The molecule has 0 saturated heterocycles. The van der Waals surface area contributed by atoms with Crippen molar-refractivity contribution in [2.24, 2.45) is 0 Å². The molecule has 5 nitrogen and oxygen atoms in total. The van der Waals surface area contributed by atoms with Crippen LogP contribution in [0.1, 0.15) is 67.7 Å². The fourth-order valence-electron chi connectivity index (χ4n) is 4.92. The number of amides is 2. The first-order valence-corrected chi connectivity index (χ1v) is 13.9. The molecule has 1 N–H and O–H groups in total. The lowest BCUT2D eigenvalue weighted by Crippen LogP contribution is -2.52. The maximum Gasteiger partial charge on any atom is 0.243 e. The van der Waals surface area contributed by atoms with E-state index in [9.17, 15) is 9.59 Å². The van der Waals surface area contributed by atoms with Crippen molar-refractivity contribution in [2.45, 2.75) is 83.7 Å². The van der Waals surface area contributed by atoms with Gasteiger partial charge in [0.1, 0.15) is 11.8 Å². The molecule has 1 atom stereocenters. The van der Waals surface area contributed by atoms with E-state index in [0.29, 0.717) is 18.7 Å². The summed E-state index contributed by atoms with van der Waals surface area (Å²) < 4.78 is 5.38. The van der Waals surface area contributed by atoms with E-state index in [1.807, 2.05) is 31.2 Å². The predicted octanol–water partition coefficient (Wildman–Crippen LogP) is 5.80. The summed E-state index contributed by atoms with van der Waals surface area (Å²) in [6.07, 6.45) is 6.18. The third-order valence-corrected chi connectivity index (χ3v) is 7.59. The topological polar surface area (TPSA) is 58.6 Å². The van der Waals surface area contributed by atoms with Crippen LogP contribution >= 0.6 is 11.8 Å². The Kier molecular flexibility index (Phi) is 10.5. The molecule has 1 saturated carbocycles. The van der Waals surface area contributed by atoms with E-state index >= 15 is 0 Å². The summed E-state index contributed by atoms with van der Waals surface area (Å²) >= 11 is 1.61. The van der Waals surface area contributed by atoms with Crippen LogP contribution < -0.4 is 10.1 Å². The molecule has 0 spiro atoms. The average molecular weight is 497 g/mol. The van der Waals surface area contributed by atoms with E-state index in [4.69, 9.17) is 4.74 Å². The second-order valence-electron chi connectivity index (χ2n) is 9.63. The molecule has 0 heterocycles. The number of nitrogens with one attached hydrogen (secondary N) is 1. The van der Waals surface area contributed by atoms with Gasteiger partial charge in [0.25, 0.3) is 0 Å². The van der Waals surface area contributed by atoms with Crippen LogP contribution in [-0.2, 0) is 21.9 Å². The lowest BCUT2D eigenvalue weighted by atomic mass is 9.95. The Morgan fingerprint density at radius 3 is 2.43 bits per heavy atom. The van der Waals surface area contributed by atoms with E-state index < -0.39 is 6.04 Å². The maximum atomic E-state index is 13.5. The molecule has 0 bridgehead atoms. The molecule has 0 radical (unpaired) electrons. The number of rotatable bonds is 11. The van der Waals surface area contributed by atoms with Crippen LogP contribution in [0, 0.1) is 13.8 Å². The SMILES string of the molecule is CC[C@@H](C(=O)NC1CCCCC1)N(Cc1cccc(OC)c1)C(=O)CSCc1cc(C)cc(C)c1.